The van der Waals surface area contributed by atoms with Gasteiger partial charge in [0.25, 0.3) is 0 Å². The van der Waals surface area contributed by atoms with E-state index in [1.165, 1.54) is 212 Å². The van der Waals surface area contributed by atoms with Gasteiger partial charge in [-0.2, -0.15) is 0 Å². The molecular formula is C79H154O17P2. The first-order chi connectivity index (χ1) is 47.3. The van der Waals surface area contributed by atoms with E-state index < -0.39 is 97.5 Å². The van der Waals surface area contributed by atoms with E-state index in [1.807, 2.05) is 0 Å². The average Bonchev–Trinajstić information content (AvgIpc) is 1.05. The van der Waals surface area contributed by atoms with E-state index in [1.54, 1.807) is 0 Å². The topological polar surface area (TPSA) is 237 Å². The van der Waals surface area contributed by atoms with Crippen LogP contribution in [-0.2, 0) is 65.4 Å². The van der Waals surface area contributed by atoms with Crippen LogP contribution in [0.3, 0.4) is 0 Å². The largest absolute Gasteiger partial charge is 0.472 e. The summed E-state index contributed by atoms with van der Waals surface area (Å²) in [5.74, 6) is 0.233. The van der Waals surface area contributed by atoms with Gasteiger partial charge in [-0.25, -0.2) is 9.13 Å². The molecule has 17 nitrogen and oxygen atoms in total. The van der Waals surface area contributed by atoms with E-state index in [0.717, 1.165) is 108 Å². The summed E-state index contributed by atoms with van der Waals surface area (Å²) < 4.78 is 68.5. The number of esters is 4. The second-order valence-corrected chi connectivity index (χ2v) is 32.6. The fraction of sp³-hybridized carbons (Fsp3) is 0.949. The highest BCUT2D eigenvalue weighted by Gasteiger charge is 2.30. The zero-order chi connectivity index (χ0) is 72.3. The Kier molecular flexibility index (Phi) is 68.1. The van der Waals surface area contributed by atoms with Gasteiger partial charge in [0.2, 0.25) is 0 Å². The lowest BCUT2D eigenvalue weighted by Gasteiger charge is -2.21. The Balaban J connectivity index is 5.19. The Morgan fingerprint density at radius 3 is 0.776 bits per heavy atom. The summed E-state index contributed by atoms with van der Waals surface area (Å²) in [7, 11) is -9.91. The Morgan fingerprint density at radius 2 is 0.520 bits per heavy atom. The second kappa shape index (κ2) is 69.4. The number of aliphatic hydroxyl groups excluding tert-OH is 1. The fourth-order valence-electron chi connectivity index (χ4n) is 12.1. The number of phosphoric ester groups is 2. The van der Waals surface area contributed by atoms with E-state index in [9.17, 15) is 43.2 Å². The number of hydrogen-bond donors (Lipinski definition) is 3. The number of rotatable bonds is 77. The molecule has 0 radical (unpaired) electrons. The third kappa shape index (κ3) is 71.1. The van der Waals surface area contributed by atoms with Gasteiger partial charge in [-0.15, -0.1) is 0 Å². The van der Waals surface area contributed by atoms with Crippen LogP contribution in [0.2, 0.25) is 0 Å². The number of phosphoric acid groups is 2. The molecule has 19 heteroatoms. The molecule has 0 aliphatic carbocycles. The van der Waals surface area contributed by atoms with Crippen molar-refractivity contribution in [3.63, 3.8) is 0 Å². The third-order valence-corrected chi connectivity index (χ3v) is 20.6. The molecule has 582 valence electrons. The molecule has 0 aromatic heterocycles. The van der Waals surface area contributed by atoms with Crippen molar-refractivity contribution in [3.8, 4) is 0 Å². The van der Waals surface area contributed by atoms with Crippen LogP contribution in [0.4, 0.5) is 0 Å². The van der Waals surface area contributed by atoms with Crippen molar-refractivity contribution in [2.24, 2.45) is 17.8 Å². The van der Waals surface area contributed by atoms with Crippen molar-refractivity contribution in [1.29, 1.82) is 0 Å². The molecule has 0 aliphatic rings. The quantitative estimate of drug-likeness (QED) is 0.0222. The maximum atomic E-state index is 13.1. The predicted molar refractivity (Wildman–Crippen MR) is 400 cm³/mol. The Morgan fingerprint density at radius 1 is 0.296 bits per heavy atom. The molecule has 0 spiro atoms. The van der Waals surface area contributed by atoms with Gasteiger partial charge in [0.1, 0.15) is 19.3 Å². The van der Waals surface area contributed by atoms with Gasteiger partial charge >= 0.3 is 39.5 Å². The van der Waals surface area contributed by atoms with Crippen molar-refractivity contribution in [2.75, 3.05) is 39.6 Å². The van der Waals surface area contributed by atoms with E-state index in [-0.39, 0.29) is 25.7 Å². The minimum absolute atomic E-state index is 0.105. The van der Waals surface area contributed by atoms with Crippen LogP contribution in [0.15, 0.2) is 0 Å². The van der Waals surface area contributed by atoms with Gasteiger partial charge < -0.3 is 33.8 Å². The minimum atomic E-state index is -4.96. The molecule has 98 heavy (non-hydrogen) atoms. The molecule has 3 unspecified atom stereocenters. The van der Waals surface area contributed by atoms with Gasteiger partial charge in [-0.3, -0.25) is 37.3 Å². The van der Waals surface area contributed by atoms with Crippen LogP contribution in [0.5, 0.6) is 0 Å². The molecule has 0 saturated heterocycles. The van der Waals surface area contributed by atoms with Crippen molar-refractivity contribution in [3.05, 3.63) is 0 Å². The van der Waals surface area contributed by atoms with Crippen LogP contribution in [0.25, 0.3) is 0 Å². The second-order valence-electron chi connectivity index (χ2n) is 29.6. The molecule has 0 amide bonds. The number of carbonyl (C=O) groups is 4. The summed E-state index contributed by atoms with van der Waals surface area (Å²) in [5.41, 5.74) is 0. The maximum Gasteiger partial charge on any atom is 0.472 e. The van der Waals surface area contributed by atoms with Crippen molar-refractivity contribution in [2.45, 2.75) is 426 Å². The van der Waals surface area contributed by atoms with E-state index in [2.05, 4.69) is 48.5 Å². The van der Waals surface area contributed by atoms with E-state index in [4.69, 9.17) is 37.0 Å². The summed E-state index contributed by atoms with van der Waals surface area (Å²) in [4.78, 5) is 72.8. The third-order valence-electron chi connectivity index (χ3n) is 18.7. The summed E-state index contributed by atoms with van der Waals surface area (Å²) >= 11 is 0. The van der Waals surface area contributed by atoms with E-state index >= 15 is 0 Å². The Hall–Kier alpha value is -1.94. The molecule has 0 rings (SSSR count). The van der Waals surface area contributed by atoms with Crippen molar-refractivity contribution in [1.82, 2.24) is 0 Å². The Bertz CT molecular complexity index is 1910. The molecule has 0 aromatic carbocycles. The smallest absolute Gasteiger partial charge is 0.462 e. The van der Waals surface area contributed by atoms with Gasteiger partial charge in [-0.05, 0) is 43.4 Å². The van der Waals surface area contributed by atoms with Gasteiger partial charge in [0.05, 0.1) is 26.4 Å². The SMILES string of the molecule is CCCCCCCCCCCCC(=O)O[C@H](COC(=O)CCCCCCCCC(C)C)COP(=O)(O)OC[C@H](O)COP(=O)(O)OC[C@@H](COC(=O)CCCCCCCCCCCCCCCCC(C)CC)OC(=O)CCCCCCCCCCCCCCCCCCCCC(C)C. The van der Waals surface area contributed by atoms with Gasteiger partial charge in [-0.1, -0.05) is 357 Å². The van der Waals surface area contributed by atoms with Gasteiger partial charge in [0.15, 0.2) is 12.2 Å². The summed E-state index contributed by atoms with van der Waals surface area (Å²) in [5, 5.41) is 10.6. The molecule has 6 atom stereocenters. The van der Waals surface area contributed by atoms with Gasteiger partial charge in [0, 0.05) is 25.7 Å². The van der Waals surface area contributed by atoms with Crippen LogP contribution in [0, 0.1) is 17.8 Å². The van der Waals surface area contributed by atoms with Crippen LogP contribution in [0.1, 0.15) is 408 Å². The highest BCUT2D eigenvalue weighted by Crippen LogP contribution is 2.45. The molecule has 0 bridgehead atoms. The number of carbonyl (C=O) groups excluding carboxylic acids is 4. The van der Waals surface area contributed by atoms with Crippen LogP contribution >= 0.6 is 15.6 Å². The molecule has 0 aliphatic heterocycles. The minimum Gasteiger partial charge on any atom is -0.462 e. The zero-order valence-electron chi connectivity index (χ0n) is 64.3. The summed E-state index contributed by atoms with van der Waals surface area (Å²) in [6.45, 7) is 11.9. The first kappa shape index (κ1) is 96.1. The Labute approximate surface area is 600 Å². The average molecular weight is 1440 g/mol. The number of aliphatic hydroxyl groups is 1. The highest BCUT2D eigenvalue weighted by molar-refractivity contribution is 7.47. The molecular weight excluding hydrogens is 1280 g/mol. The lowest BCUT2D eigenvalue weighted by molar-refractivity contribution is -0.161. The first-order valence-corrected chi connectivity index (χ1v) is 43.9. The van der Waals surface area contributed by atoms with Crippen LogP contribution < -0.4 is 0 Å². The number of unbranched alkanes of at least 4 members (excludes halogenated alkanes) is 44. The lowest BCUT2D eigenvalue weighted by atomic mass is 9.99. The lowest BCUT2D eigenvalue weighted by Crippen LogP contribution is -2.30. The normalized spacial score (nSPS) is 14.3. The van der Waals surface area contributed by atoms with Crippen LogP contribution in [-0.4, -0.2) is 96.7 Å². The summed E-state index contributed by atoms with van der Waals surface area (Å²) in [6, 6.07) is 0. The predicted octanol–water partition coefficient (Wildman–Crippen LogP) is 23.4. The fourth-order valence-corrected chi connectivity index (χ4v) is 13.7. The number of hydrogen-bond acceptors (Lipinski definition) is 15. The zero-order valence-corrected chi connectivity index (χ0v) is 66.0. The molecule has 0 saturated carbocycles. The number of ether oxygens (including phenoxy) is 4. The monoisotopic (exact) mass is 1440 g/mol. The molecule has 3 N–H and O–H groups in total. The molecule has 0 fully saturated rings. The van der Waals surface area contributed by atoms with E-state index in [0.29, 0.717) is 31.6 Å². The van der Waals surface area contributed by atoms with Crippen molar-refractivity contribution >= 4 is 39.5 Å². The molecule has 0 aromatic rings. The summed E-state index contributed by atoms with van der Waals surface area (Å²) in [6.07, 6.45) is 57.1. The standard InChI is InChI=1S/C79H154O17P2/c1-8-10-11-12-13-14-33-39-48-55-62-78(83)96-75(67-90-77(82)61-54-47-42-41-44-51-58-71(5)6)69-94-98(87,88)92-65-73(80)64-91-97(85,86)93-68-74(66-89-76(81)60-53-46-38-34-29-25-22-21-24-28-32-37-45-52-59-72(7)9-2)95-79(84)63-56-49-40-35-30-26-20-18-16-15-17-19-23-27-31-36-43-50-57-70(3)4/h70-75,80H,8-69H2,1-7H3,(H,85,86)(H,87,88)/t72?,73-,74-,75-/m1/s1. The van der Waals surface area contributed by atoms with Crippen molar-refractivity contribution < 1.29 is 80.2 Å². The molecule has 0 heterocycles. The first-order valence-electron chi connectivity index (χ1n) is 40.9. The highest BCUT2D eigenvalue weighted by atomic mass is 31.2. The maximum absolute atomic E-state index is 13.1.